The van der Waals surface area contributed by atoms with Gasteiger partial charge in [0.05, 0.1) is 19.1 Å². The summed E-state index contributed by atoms with van der Waals surface area (Å²) in [6, 6.07) is 13.1. The molecule has 1 unspecified atom stereocenters. The average Bonchev–Trinajstić information content (AvgIpc) is 2.84. The van der Waals surface area contributed by atoms with E-state index in [4.69, 9.17) is 25.8 Å². The van der Waals surface area contributed by atoms with Crippen LogP contribution >= 0.6 is 11.6 Å². The molecule has 0 radical (unpaired) electrons. The summed E-state index contributed by atoms with van der Waals surface area (Å²) >= 11 is 6.02. The van der Waals surface area contributed by atoms with E-state index in [1.807, 2.05) is 38.1 Å². The van der Waals surface area contributed by atoms with E-state index in [2.05, 4.69) is 15.0 Å². The van der Waals surface area contributed by atoms with E-state index in [0.29, 0.717) is 43.6 Å². The van der Waals surface area contributed by atoms with Gasteiger partial charge in [0.2, 0.25) is 11.2 Å². The van der Waals surface area contributed by atoms with E-state index in [0.717, 1.165) is 12.0 Å². The Morgan fingerprint density at radius 3 is 2.37 bits per heavy atom. The fourth-order valence-electron chi connectivity index (χ4n) is 3.21. The number of hydrogen-bond acceptors (Lipinski definition) is 8. The largest absolute Gasteiger partial charge is 0.492 e. The molecule has 0 saturated heterocycles. The molecule has 3 rings (SSSR count). The predicted molar refractivity (Wildman–Crippen MR) is 131 cm³/mol. The van der Waals surface area contributed by atoms with E-state index in [1.54, 1.807) is 11.9 Å². The number of esters is 1. The van der Waals surface area contributed by atoms with Gasteiger partial charge in [-0.25, -0.2) is 4.39 Å². The fourth-order valence-corrected chi connectivity index (χ4v) is 3.36. The summed E-state index contributed by atoms with van der Waals surface area (Å²) in [5.41, 5.74) is 1.04. The number of aromatic nitrogens is 3. The molecular weight excluding hydrogens is 475 g/mol. The highest BCUT2D eigenvalue weighted by Gasteiger charge is 2.18. The third kappa shape index (κ3) is 8.06. The van der Waals surface area contributed by atoms with E-state index in [-0.39, 0.29) is 29.0 Å². The van der Waals surface area contributed by atoms with Crippen molar-refractivity contribution in [1.82, 2.24) is 15.0 Å². The molecule has 0 amide bonds. The number of benzene rings is 2. The van der Waals surface area contributed by atoms with E-state index in [9.17, 15) is 9.18 Å². The minimum Gasteiger partial charge on any atom is -0.492 e. The molecule has 1 atom stereocenters. The molecule has 1 heterocycles. The Morgan fingerprint density at radius 2 is 1.71 bits per heavy atom. The van der Waals surface area contributed by atoms with Gasteiger partial charge in [0.15, 0.2) is 0 Å². The second kappa shape index (κ2) is 12.9. The van der Waals surface area contributed by atoms with Crippen LogP contribution in [-0.2, 0) is 16.0 Å². The number of hydrogen-bond donors (Lipinski definition) is 0. The van der Waals surface area contributed by atoms with Crippen molar-refractivity contribution >= 4 is 23.5 Å². The lowest BCUT2D eigenvalue weighted by Crippen LogP contribution is -2.26. The Bertz CT molecular complexity index is 1100. The predicted octanol–water partition coefficient (Wildman–Crippen LogP) is 5.10. The maximum absolute atomic E-state index is 13.1. The molecule has 2 aromatic carbocycles. The van der Waals surface area contributed by atoms with Crippen LogP contribution in [0.3, 0.4) is 0 Å². The number of carbonyl (C=O) groups is 1. The Morgan fingerprint density at radius 1 is 1.03 bits per heavy atom. The number of halogens is 2. The summed E-state index contributed by atoms with van der Waals surface area (Å²) in [4.78, 5) is 26.1. The first-order valence-corrected chi connectivity index (χ1v) is 11.7. The van der Waals surface area contributed by atoms with Crippen LogP contribution in [0.25, 0.3) is 0 Å². The van der Waals surface area contributed by atoms with Crippen LogP contribution in [0, 0.1) is 11.7 Å². The highest BCUT2D eigenvalue weighted by Crippen LogP contribution is 2.22. The van der Waals surface area contributed by atoms with Crippen molar-refractivity contribution in [2.75, 3.05) is 31.7 Å². The molecule has 10 heteroatoms. The van der Waals surface area contributed by atoms with E-state index < -0.39 is 0 Å². The highest BCUT2D eigenvalue weighted by molar-refractivity contribution is 6.28. The summed E-state index contributed by atoms with van der Waals surface area (Å²) < 4.78 is 29.6. The lowest BCUT2D eigenvalue weighted by atomic mass is 9.97. The number of carbonyl (C=O) groups excluding carboxylic acids is 1. The van der Waals surface area contributed by atoms with Gasteiger partial charge in [-0.05, 0) is 73.3 Å². The van der Waals surface area contributed by atoms with Crippen molar-refractivity contribution in [2.45, 2.75) is 26.7 Å². The van der Waals surface area contributed by atoms with Crippen molar-refractivity contribution in [1.29, 1.82) is 0 Å². The number of nitrogens with zero attached hydrogens (tertiary/aromatic N) is 4. The number of ether oxygens (including phenoxy) is 3. The van der Waals surface area contributed by atoms with Crippen molar-refractivity contribution < 1.29 is 23.4 Å². The third-order valence-corrected chi connectivity index (χ3v) is 5.32. The van der Waals surface area contributed by atoms with Gasteiger partial charge in [0.1, 0.15) is 23.9 Å². The van der Waals surface area contributed by atoms with E-state index in [1.165, 1.54) is 24.3 Å². The molecule has 0 aliphatic carbocycles. The summed E-state index contributed by atoms with van der Waals surface area (Å²) in [6.07, 6.45) is 1.35. The first-order chi connectivity index (χ1) is 16.9. The molecule has 3 aromatic rings. The molecule has 186 valence electrons. The van der Waals surface area contributed by atoms with Gasteiger partial charge in [-0.15, -0.1) is 0 Å². The Labute approximate surface area is 209 Å². The molecule has 0 aliphatic rings. The van der Waals surface area contributed by atoms with Gasteiger partial charge in [-0.2, -0.15) is 15.0 Å². The third-order valence-electron chi connectivity index (χ3n) is 5.15. The Balaban J connectivity index is 1.52. The van der Waals surface area contributed by atoms with E-state index >= 15 is 0 Å². The molecule has 0 aliphatic heterocycles. The molecule has 8 nitrogen and oxygen atoms in total. The van der Waals surface area contributed by atoms with Crippen molar-refractivity contribution in [3.8, 4) is 17.5 Å². The standard InChI is InChI=1S/C25H28ClFN4O4/c1-4-18(22(32)33-5-2)16-17-6-10-20(11-7-17)34-15-14-31(3)24-28-23(26)29-25(30-24)35-21-12-8-19(27)9-13-21/h6-13,18H,4-5,14-16H2,1-3H3. The first-order valence-electron chi connectivity index (χ1n) is 11.3. The zero-order valence-electron chi connectivity index (χ0n) is 19.9. The molecule has 0 N–H and O–H groups in total. The Hall–Kier alpha value is -3.46. The van der Waals surface area contributed by atoms with Crippen LogP contribution in [0.15, 0.2) is 48.5 Å². The second-order valence-corrected chi connectivity index (χ2v) is 8.06. The van der Waals surface area contributed by atoms with Gasteiger partial charge < -0.3 is 19.1 Å². The molecule has 0 spiro atoms. The molecule has 1 aromatic heterocycles. The summed E-state index contributed by atoms with van der Waals surface area (Å²) in [5, 5.41) is -0.0244. The van der Waals surface area contributed by atoms with Crippen LogP contribution < -0.4 is 14.4 Å². The minimum absolute atomic E-state index is 0.00293. The van der Waals surface area contributed by atoms with Crippen LogP contribution in [0.2, 0.25) is 5.28 Å². The molecule has 35 heavy (non-hydrogen) atoms. The van der Waals surface area contributed by atoms with Gasteiger partial charge in [-0.3, -0.25) is 4.79 Å². The molecule has 0 fully saturated rings. The lowest BCUT2D eigenvalue weighted by molar-refractivity contribution is -0.148. The number of rotatable bonds is 12. The van der Waals surface area contributed by atoms with Gasteiger partial charge in [-0.1, -0.05) is 19.1 Å². The summed E-state index contributed by atoms with van der Waals surface area (Å²) in [5.74, 6) is 0.706. The lowest BCUT2D eigenvalue weighted by Gasteiger charge is -2.18. The maximum atomic E-state index is 13.1. The van der Waals surface area contributed by atoms with Crippen LogP contribution in [0.1, 0.15) is 25.8 Å². The highest BCUT2D eigenvalue weighted by atomic mass is 35.5. The number of anilines is 1. The zero-order chi connectivity index (χ0) is 25.2. The van der Waals surface area contributed by atoms with Crippen molar-refractivity contribution in [3.05, 3.63) is 65.2 Å². The first kappa shape index (κ1) is 26.2. The summed E-state index contributed by atoms with van der Waals surface area (Å²) in [6.45, 7) is 5.01. The average molecular weight is 503 g/mol. The van der Waals surface area contributed by atoms with Crippen LogP contribution in [-0.4, -0.2) is 47.7 Å². The normalized spacial score (nSPS) is 11.6. The monoisotopic (exact) mass is 502 g/mol. The van der Waals surface area contributed by atoms with Gasteiger partial charge in [0.25, 0.3) is 0 Å². The van der Waals surface area contributed by atoms with Crippen LogP contribution in [0.5, 0.6) is 17.5 Å². The van der Waals surface area contributed by atoms with Crippen LogP contribution in [0.4, 0.5) is 10.3 Å². The fraction of sp³-hybridized carbons (Fsp3) is 0.360. The topological polar surface area (TPSA) is 86.7 Å². The number of likely N-dealkylation sites (N-methyl/N-ethyl adjacent to an activating group) is 1. The quantitative estimate of drug-likeness (QED) is 0.316. The smallest absolute Gasteiger partial charge is 0.328 e. The Kier molecular flexibility index (Phi) is 9.60. The molecule has 0 saturated carbocycles. The maximum Gasteiger partial charge on any atom is 0.328 e. The SMILES string of the molecule is CCOC(=O)C(CC)Cc1ccc(OCCN(C)c2nc(Cl)nc(Oc3ccc(F)cc3)n2)cc1. The summed E-state index contributed by atoms with van der Waals surface area (Å²) in [7, 11) is 1.79. The van der Waals surface area contributed by atoms with Gasteiger partial charge in [0, 0.05) is 7.05 Å². The van der Waals surface area contributed by atoms with Gasteiger partial charge >= 0.3 is 12.0 Å². The molecule has 0 bridgehead atoms. The van der Waals surface area contributed by atoms with Crippen molar-refractivity contribution in [3.63, 3.8) is 0 Å². The minimum atomic E-state index is -0.372. The zero-order valence-corrected chi connectivity index (χ0v) is 20.7. The molecular formula is C25H28ClFN4O4. The second-order valence-electron chi connectivity index (χ2n) is 7.72. The van der Waals surface area contributed by atoms with Crippen molar-refractivity contribution in [2.24, 2.45) is 5.92 Å².